The molecule has 1 N–H and O–H groups in total. The van der Waals surface area contributed by atoms with Gasteiger partial charge in [0.1, 0.15) is 5.15 Å². The first kappa shape index (κ1) is 11.0. The molecule has 0 saturated carbocycles. The average molecular weight is 265 g/mol. The van der Waals surface area contributed by atoms with Gasteiger partial charge in [-0.3, -0.25) is 0 Å². The van der Waals surface area contributed by atoms with E-state index in [2.05, 4.69) is 20.9 Å². The Bertz CT molecular complexity index is 314. The largest absolute Gasteiger partial charge is 0.395 e. The molecular weight excluding hydrogens is 253 g/mol. The minimum Gasteiger partial charge on any atom is -0.395 e. The fraction of sp³-hybridized carbons (Fsp3) is 0.444. The van der Waals surface area contributed by atoms with E-state index in [4.69, 9.17) is 16.7 Å². The van der Waals surface area contributed by atoms with Crippen molar-refractivity contribution in [2.75, 3.05) is 6.61 Å². The highest BCUT2D eigenvalue weighted by Gasteiger charge is 2.23. The fourth-order valence-electron chi connectivity index (χ4n) is 0.982. The minimum absolute atomic E-state index is 0.0465. The van der Waals surface area contributed by atoms with E-state index in [1.54, 1.807) is 6.20 Å². The van der Waals surface area contributed by atoms with E-state index in [0.717, 1.165) is 10.0 Å². The Morgan fingerprint density at radius 3 is 2.77 bits per heavy atom. The standard InChI is InChI=1S/C9H11BrClNO/c1-9(2,5-13)7-3-6(10)4-12-8(7)11/h3-4,13H,5H2,1-2H3. The molecule has 0 unspecified atom stereocenters. The zero-order valence-electron chi connectivity index (χ0n) is 7.51. The highest BCUT2D eigenvalue weighted by Crippen LogP contribution is 2.29. The lowest BCUT2D eigenvalue weighted by Crippen LogP contribution is -2.22. The summed E-state index contributed by atoms with van der Waals surface area (Å²) in [5, 5.41) is 9.61. The molecule has 0 aliphatic heterocycles. The van der Waals surface area contributed by atoms with Gasteiger partial charge in [0, 0.05) is 16.1 Å². The van der Waals surface area contributed by atoms with Crippen LogP contribution >= 0.6 is 27.5 Å². The molecule has 0 saturated heterocycles. The molecular formula is C9H11BrClNO. The lowest BCUT2D eigenvalue weighted by Gasteiger charge is -2.22. The Morgan fingerprint density at radius 2 is 2.23 bits per heavy atom. The molecule has 13 heavy (non-hydrogen) atoms. The Labute approximate surface area is 91.1 Å². The fourth-order valence-corrected chi connectivity index (χ4v) is 1.67. The number of aliphatic hydroxyl groups excluding tert-OH is 1. The topological polar surface area (TPSA) is 33.1 Å². The van der Waals surface area contributed by atoms with E-state index in [1.165, 1.54) is 0 Å². The molecule has 72 valence electrons. The highest BCUT2D eigenvalue weighted by atomic mass is 79.9. The molecule has 0 atom stereocenters. The van der Waals surface area contributed by atoms with E-state index >= 15 is 0 Å². The van der Waals surface area contributed by atoms with Crippen molar-refractivity contribution in [3.8, 4) is 0 Å². The molecule has 0 aromatic carbocycles. The van der Waals surface area contributed by atoms with E-state index < -0.39 is 0 Å². The Kier molecular flexibility index (Phi) is 3.33. The van der Waals surface area contributed by atoms with Crippen LogP contribution in [0.4, 0.5) is 0 Å². The Hall–Kier alpha value is -0.120. The van der Waals surface area contributed by atoms with Crippen LogP contribution < -0.4 is 0 Å². The average Bonchev–Trinajstić information content (AvgIpc) is 2.09. The molecule has 0 spiro atoms. The van der Waals surface area contributed by atoms with Crippen molar-refractivity contribution < 1.29 is 5.11 Å². The van der Waals surface area contributed by atoms with E-state index in [9.17, 15) is 0 Å². The third kappa shape index (κ3) is 2.42. The number of hydrogen-bond acceptors (Lipinski definition) is 2. The maximum atomic E-state index is 9.16. The molecule has 1 rings (SSSR count). The van der Waals surface area contributed by atoms with Gasteiger partial charge in [-0.2, -0.15) is 0 Å². The second-order valence-corrected chi connectivity index (χ2v) is 4.81. The SMILES string of the molecule is CC(C)(CO)c1cc(Br)cnc1Cl. The Balaban J connectivity index is 3.20. The van der Waals surface area contributed by atoms with Crippen molar-refractivity contribution in [3.05, 3.63) is 27.5 Å². The second-order valence-electron chi connectivity index (χ2n) is 3.53. The smallest absolute Gasteiger partial charge is 0.132 e. The maximum absolute atomic E-state index is 9.16. The zero-order valence-corrected chi connectivity index (χ0v) is 9.85. The third-order valence-electron chi connectivity index (χ3n) is 1.93. The summed E-state index contributed by atoms with van der Waals surface area (Å²) in [5.74, 6) is 0. The quantitative estimate of drug-likeness (QED) is 0.833. The van der Waals surface area contributed by atoms with Gasteiger partial charge < -0.3 is 5.11 Å². The number of hydrogen-bond donors (Lipinski definition) is 1. The first-order valence-corrected chi connectivity index (χ1v) is 5.07. The van der Waals surface area contributed by atoms with Crippen LogP contribution in [-0.2, 0) is 5.41 Å². The molecule has 0 amide bonds. The summed E-state index contributed by atoms with van der Waals surface area (Å²) in [6.45, 7) is 3.88. The summed E-state index contributed by atoms with van der Waals surface area (Å²) in [6.07, 6.45) is 1.64. The Morgan fingerprint density at radius 1 is 1.62 bits per heavy atom. The van der Waals surface area contributed by atoms with Crippen LogP contribution in [-0.4, -0.2) is 16.7 Å². The summed E-state index contributed by atoms with van der Waals surface area (Å²) in [5.41, 5.74) is 0.500. The number of pyridine rings is 1. The van der Waals surface area contributed by atoms with Crippen LogP contribution in [0, 0.1) is 0 Å². The first-order valence-electron chi connectivity index (χ1n) is 3.90. The monoisotopic (exact) mass is 263 g/mol. The van der Waals surface area contributed by atoms with Crippen molar-refractivity contribution in [1.82, 2.24) is 4.98 Å². The van der Waals surface area contributed by atoms with E-state index in [1.807, 2.05) is 19.9 Å². The van der Waals surface area contributed by atoms with Crippen molar-refractivity contribution in [3.63, 3.8) is 0 Å². The van der Waals surface area contributed by atoms with Gasteiger partial charge in [0.05, 0.1) is 6.61 Å². The molecule has 0 aliphatic rings. The molecule has 0 radical (unpaired) electrons. The number of aromatic nitrogens is 1. The van der Waals surface area contributed by atoms with Gasteiger partial charge >= 0.3 is 0 Å². The van der Waals surface area contributed by atoms with Crippen LogP contribution in [0.1, 0.15) is 19.4 Å². The minimum atomic E-state index is -0.353. The summed E-state index contributed by atoms with van der Waals surface area (Å²) < 4.78 is 0.869. The maximum Gasteiger partial charge on any atom is 0.132 e. The van der Waals surface area contributed by atoms with Crippen molar-refractivity contribution in [2.45, 2.75) is 19.3 Å². The van der Waals surface area contributed by atoms with Crippen LogP contribution in [0.5, 0.6) is 0 Å². The van der Waals surface area contributed by atoms with Gasteiger partial charge in [-0.25, -0.2) is 4.98 Å². The molecule has 4 heteroatoms. The van der Waals surface area contributed by atoms with Crippen LogP contribution in [0.25, 0.3) is 0 Å². The third-order valence-corrected chi connectivity index (χ3v) is 2.66. The zero-order chi connectivity index (χ0) is 10.1. The van der Waals surface area contributed by atoms with Gasteiger partial charge in [0.25, 0.3) is 0 Å². The first-order chi connectivity index (χ1) is 5.97. The van der Waals surface area contributed by atoms with Gasteiger partial charge in [-0.1, -0.05) is 25.4 Å². The van der Waals surface area contributed by atoms with Gasteiger partial charge in [-0.05, 0) is 27.6 Å². The molecule has 0 aliphatic carbocycles. The van der Waals surface area contributed by atoms with Gasteiger partial charge in [0.15, 0.2) is 0 Å². The lowest BCUT2D eigenvalue weighted by atomic mass is 9.87. The molecule has 1 aromatic rings. The van der Waals surface area contributed by atoms with Crippen molar-refractivity contribution >= 4 is 27.5 Å². The van der Waals surface area contributed by atoms with Crippen molar-refractivity contribution in [2.24, 2.45) is 0 Å². The summed E-state index contributed by atoms with van der Waals surface area (Å²) >= 11 is 9.23. The normalized spacial score (nSPS) is 11.8. The molecule has 0 fully saturated rings. The van der Waals surface area contributed by atoms with Crippen molar-refractivity contribution in [1.29, 1.82) is 0 Å². The number of nitrogens with zero attached hydrogens (tertiary/aromatic N) is 1. The number of rotatable bonds is 2. The van der Waals surface area contributed by atoms with Gasteiger partial charge in [-0.15, -0.1) is 0 Å². The molecule has 0 bridgehead atoms. The predicted octanol–water partition coefficient (Wildman–Crippen LogP) is 2.77. The lowest BCUT2D eigenvalue weighted by molar-refractivity contribution is 0.218. The molecule has 1 aromatic heterocycles. The van der Waals surface area contributed by atoms with Crippen LogP contribution in [0.15, 0.2) is 16.7 Å². The number of halogens is 2. The van der Waals surface area contributed by atoms with E-state index in [-0.39, 0.29) is 12.0 Å². The number of aliphatic hydroxyl groups is 1. The summed E-state index contributed by atoms with van der Waals surface area (Å²) in [4.78, 5) is 4.00. The second kappa shape index (κ2) is 3.95. The summed E-state index contributed by atoms with van der Waals surface area (Å²) in [6, 6.07) is 1.88. The van der Waals surface area contributed by atoms with Gasteiger partial charge in [0.2, 0.25) is 0 Å². The highest BCUT2D eigenvalue weighted by molar-refractivity contribution is 9.10. The summed E-state index contributed by atoms with van der Waals surface area (Å²) in [7, 11) is 0. The predicted molar refractivity (Wildman–Crippen MR) is 57.1 cm³/mol. The van der Waals surface area contributed by atoms with Crippen LogP contribution in [0.3, 0.4) is 0 Å². The van der Waals surface area contributed by atoms with Crippen LogP contribution in [0.2, 0.25) is 5.15 Å². The molecule has 1 heterocycles. The molecule has 2 nitrogen and oxygen atoms in total. The van der Waals surface area contributed by atoms with E-state index in [0.29, 0.717) is 5.15 Å².